The second-order valence-electron chi connectivity index (χ2n) is 4.27. The van der Waals surface area contributed by atoms with Crippen LogP contribution in [0.3, 0.4) is 0 Å². The Bertz CT molecular complexity index is 223. The van der Waals surface area contributed by atoms with Gasteiger partial charge in [0.25, 0.3) is 0 Å². The van der Waals surface area contributed by atoms with Crippen LogP contribution in [-0.2, 0) is 4.79 Å². The fraction of sp³-hybridized carbons (Fsp3) is 0.727. The van der Waals surface area contributed by atoms with Gasteiger partial charge in [0.15, 0.2) is 0 Å². The smallest absolute Gasteiger partial charge is 0.237 e. The molecule has 3 heteroatoms. The summed E-state index contributed by atoms with van der Waals surface area (Å²) in [6, 6.07) is 0. The van der Waals surface area contributed by atoms with E-state index in [4.69, 9.17) is 0 Å². The van der Waals surface area contributed by atoms with Crippen LogP contribution in [0.4, 0.5) is 0 Å². The van der Waals surface area contributed by atoms with Crippen molar-refractivity contribution in [3.8, 4) is 0 Å². The molecule has 0 spiro atoms. The van der Waals surface area contributed by atoms with E-state index in [1.807, 2.05) is 23.9 Å². The van der Waals surface area contributed by atoms with E-state index in [9.17, 15) is 4.79 Å². The van der Waals surface area contributed by atoms with Gasteiger partial charge in [-0.1, -0.05) is 19.1 Å². The fourth-order valence-electron chi connectivity index (χ4n) is 1.56. The lowest BCUT2D eigenvalue weighted by Crippen LogP contribution is -2.38. The number of rotatable bonds is 2. The number of carbonyl (C=O) groups is 1. The van der Waals surface area contributed by atoms with E-state index in [1.54, 1.807) is 0 Å². The number of carbonyl (C=O) groups excluding carboxylic acids is 1. The average Bonchev–Trinajstić information content (AvgIpc) is 2.28. The van der Waals surface area contributed by atoms with Crippen molar-refractivity contribution in [2.45, 2.75) is 13.3 Å². The van der Waals surface area contributed by atoms with Crippen LogP contribution in [0.25, 0.3) is 0 Å². The molecule has 1 rings (SSSR count). The van der Waals surface area contributed by atoms with Crippen LogP contribution in [-0.4, -0.2) is 49.4 Å². The molecule has 1 aliphatic rings. The van der Waals surface area contributed by atoms with Gasteiger partial charge in [-0.05, 0) is 26.4 Å². The van der Waals surface area contributed by atoms with Gasteiger partial charge in [-0.2, -0.15) is 0 Å². The molecule has 0 radical (unpaired) electrons. The van der Waals surface area contributed by atoms with Crippen molar-refractivity contribution in [3.63, 3.8) is 0 Å². The second kappa shape index (κ2) is 5.15. The van der Waals surface area contributed by atoms with Crippen LogP contribution in [0.15, 0.2) is 12.2 Å². The Hall–Kier alpha value is -0.830. The normalized spacial score (nSPS) is 22.6. The standard InChI is InChI=1S/C11H20N2O/c1-10-5-4-7-13(8-6-10)11(14)9-12(2)3/h4-5,10H,6-9H2,1-3H3. The first kappa shape index (κ1) is 11.2. The quantitative estimate of drug-likeness (QED) is 0.614. The highest BCUT2D eigenvalue weighted by Crippen LogP contribution is 2.10. The highest BCUT2D eigenvalue weighted by atomic mass is 16.2. The van der Waals surface area contributed by atoms with Crippen LogP contribution in [0.5, 0.6) is 0 Å². The molecule has 0 aromatic rings. The maximum absolute atomic E-state index is 11.7. The molecular weight excluding hydrogens is 176 g/mol. The minimum atomic E-state index is 0.230. The van der Waals surface area contributed by atoms with Gasteiger partial charge in [0.2, 0.25) is 5.91 Å². The zero-order chi connectivity index (χ0) is 10.6. The molecule has 1 unspecified atom stereocenters. The Labute approximate surface area is 86.4 Å². The van der Waals surface area contributed by atoms with Gasteiger partial charge in [0.1, 0.15) is 0 Å². The largest absolute Gasteiger partial charge is 0.338 e. The monoisotopic (exact) mass is 196 g/mol. The zero-order valence-corrected chi connectivity index (χ0v) is 9.36. The molecule has 0 N–H and O–H groups in total. The third-order valence-corrected chi connectivity index (χ3v) is 2.45. The summed E-state index contributed by atoms with van der Waals surface area (Å²) >= 11 is 0. The highest BCUT2D eigenvalue weighted by Gasteiger charge is 2.15. The summed E-state index contributed by atoms with van der Waals surface area (Å²) in [7, 11) is 3.85. The third kappa shape index (κ3) is 3.50. The van der Waals surface area contributed by atoms with E-state index in [0.29, 0.717) is 12.5 Å². The van der Waals surface area contributed by atoms with Crippen molar-refractivity contribution in [1.29, 1.82) is 0 Å². The van der Waals surface area contributed by atoms with E-state index in [-0.39, 0.29) is 5.91 Å². The molecule has 0 aromatic carbocycles. The minimum absolute atomic E-state index is 0.230. The van der Waals surface area contributed by atoms with E-state index in [1.165, 1.54) is 0 Å². The summed E-state index contributed by atoms with van der Waals surface area (Å²) in [4.78, 5) is 15.6. The van der Waals surface area contributed by atoms with Crippen LogP contribution >= 0.6 is 0 Å². The lowest BCUT2D eigenvalue weighted by atomic mass is 10.1. The van der Waals surface area contributed by atoms with Crippen molar-refractivity contribution in [2.24, 2.45) is 5.92 Å². The predicted molar refractivity (Wildman–Crippen MR) is 58.1 cm³/mol. The topological polar surface area (TPSA) is 23.6 Å². The van der Waals surface area contributed by atoms with E-state index in [0.717, 1.165) is 19.5 Å². The molecular formula is C11H20N2O. The predicted octanol–water partition coefficient (Wildman–Crippen LogP) is 0.973. The molecule has 14 heavy (non-hydrogen) atoms. The molecule has 1 heterocycles. The number of allylic oxidation sites excluding steroid dienone is 1. The summed E-state index contributed by atoms with van der Waals surface area (Å²) in [5.74, 6) is 0.834. The Balaban J connectivity index is 2.45. The molecule has 1 aliphatic heterocycles. The number of nitrogens with zero attached hydrogens (tertiary/aromatic N) is 2. The fourth-order valence-corrected chi connectivity index (χ4v) is 1.56. The van der Waals surface area contributed by atoms with Crippen molar-refractivity contribution in [1.82, 2.24) is 9.80 Å². The molecule has 1 atom stereocenters. The summed E-state index contributed by atoms with van der Waals surface area (Å²) in [5, 5.41) is 0. The van der Waals surface area contributed by atoms with E-state index < -0.39 is 0 Å². The number of hydrogen-bond donors (Lipinski definition) is 0. The van der Waals surface area contributed by atoms with Crippen LogP contribution in [0.2, 0.25) is 0 Å². The van der Waals surface area contributed by atoms with Gasteiger partial charge in [-0.25, -0.2) is 0 Å². The molecule has 1 amide bonds. The second-order valence-corrected chi connectivity index (χ2v) is 4.27. The van der Waals surface area contributed by atoms with Crippen molar-refractivity contribution in [3.05, 3.63) is 12.2 Å². The third-order valence-electron chi connectivity index (χ3n) is 2.45. The molecule has 0 fully saturated rings. The molecule has 0 saturated heterocycles. The summed E-state index contributed by atoms with van der Waals surface area (Å²) < 4.78 is 0. The Kier molecular flexibility index (Phi) is 4.14. The average molecular weight is 196 g/mol. The number of amides is 1. The van der Waals surface area contributed by atoms with Crippen molar-refractivity contribution in [2.75, 3.05) is 33.7 Å². The zero-order valence-electron chi connectivity index (χ0n) is 9.36. The molecule has 0 aliphatic carbocycles. The van der Waals surface area contributed by atoms with Gasteiger partial charge >= 0.3 is 0 Å². The first-order valence-corrected chi connectivity index (χ1v) is 5.18. The number of hydrogen-bond acceptors (Lipinski definition) is 2. The van der Waals surface area contributed by atoms with E-state index >= 15 is 0 Å². The maximum atomic E-state index is 11.7. The van der Waals surface area contributed by atoms with Crippen LogP contribution in [0, 0.1) is 5.92 Å². The molecule has 0 bridgehead atoms. The molecule has 0 saturated carbocycles. The Morgan fingerprint density at radius 2 is 2.29 bits per heavy atom. The van der Waals surface area contributed by atoms with Gasteiger partial charge < -0.3 is 9.80 Å². The van der Waals surface area contributed by atoms with Crippen LogP contribution < -0.4 is 0 Å². The number of likely N-dealkylation sites (N-methyl/N-ethyl adjacent to an activating group) is 1. The lowest BCUT2D eigenvalue weighted by molar-refractivity contribution is -0.131. The first-order chi connectivity index (χ1) is 6.59. The summed E-state index contributed by atoms with van der Waals surface area (Å²) in [6.45, 7) is 4.37. The lowest BCUT2D eigenvalue weighted by Gasteiger charge is -2.22. The van der Waals surface area contributed by atoms with Crippen molar-refractivity contribution >= 4 is 5.91 Å². The maximum Gasteiger partial charge on any atom is 0.237 e. The van der Waals surface area contributed by atoms with Crippen molar-refractivity contribution < 1.29 is 4.79 Å². The van der Waals surface area contributed by atoms with Gasteiger partial charge in [0, 0.05) is 13.1 Å². The van der Waals surface area contributed by atoms with Gasteiger partial charge in [0.05, 0.1) is 6.54 Å². The first-order valence-electron chi connectivity index (χ1n) is 5.18. The van der Waals surface area contributed by atoms with Gasteiger partial charge in [-0.15, -0.1) is 0 Å². The Morgan fingerprint density at radius 3 is 2.93 bits per heavy atom. The summed E-state index contributed by atoms with van der Waals surface area (Å²) in [5.41, 5.74) is 0. The molecule has 3 nitrogen and oxygen atoms in total. The van der Waals surface area contributed by atoms with Crippen LogP contribution in [0.1, 0.15) is 13.3 Å². The Morgan fingerprint density at radius 1 is 1.57 bits per heavy atom. The van der Waals surface area contributed by atoms with Gasteiger partial charge in [-0.3, -0.25) is 4.79 Å². The molecule has 80 valence electrons. The highest BCUT2D eigenvalue weighted by molar-refractivity contribution is 5.78. The SMILES string of the molecule is CC1C=CCN(C(=O)CN(C)C)CC1. The molecule has 0 aromatic heterocycles. The summed E-state index contributed by atoms with van der Waals surface area (Å²) in [6.07, 6.45) is 5.38. The van der Waals surface area contributed by atoms with E-state index in [2.05, 4.69) is 19.1 Å². The minimum Gasteiger partial charge on any atom is -0.338 e.